The van der Waals surface area contributed by atoms with Crippen LogP contribution < -0.4 is 15.5 Å². The Balaban J connectivity index is 2.69. The molecule has 0 aliphatic rings. The lowest BCUT2D eigenvalue weighted by molar-refractivity contribution is -0.119. The summed E-state index contributed by atoms with van der Waals surface area (Å²) in [5.74, 6) is -0.110. The molecule has 0 radical (unpaired) electrons. The SMILES string of the molecule is CCN(CCNC(C)=O)c1cccc(NC(C)=O)c1. The van der Waals surface area contributed by atoms with Crippen LogP contribution in [0.3, 0.4) is 0 Å². The van der Waals surface area contributed by atoms with Gasteiger partial charge in [-0.05, 0) is 25.1 Å². The van der Waals surface area contributed by atoms with E-state index in [0.717, 1.165) is 24.5 Å². The zero-order valence-electron chi connectivity index (χ0n) is 11.7. The number of anilines is 2. The van der Waals surface area contributed by atoms with Gasteiger partial charge in [-0.25, -0.2) is 0 Å². The van der Waals surface area contributed by atoms with Crippen LogP contribution in [0.25, 0.3) is 0 Å². The highest BCUT2D eigenvalue weighted by atomic mass is 16.2. The molecule has 19 heavy (non-hydrogen) atoms. The summed E-state index contributed by atoms with van der Waals surface area (Å²) < 4.78 is 0. The number of nitrogens with zero attached hydrogens (tertiary/aromatic N) is 1. The van der Waals surface area contributed by atoms with Gasteiger partial charge < -0.3 is 15.5 Å². The van der Waals surface area contributed by atoms with Crippen molar-refractivity contribution in [2.45, 2.75) is 20.8 Å². The summed E-state index contributed by atoms with van der Waals surface area (Å²) in [5.41, 5.74) is 1.81. The normalized spacial score (nSPS) is 9.84. The molecule has 0 fully saturated rings. The topological polar surface area (TPSA) is 61.4 Å². The van der Waals surface area contributed by atoms with Crippen molar-refractivity contribution in [2.24, 2.45) is 0 Å². The van der Waals surface area contributed by atoms with Crippen LogP contribution >= 0.6 is 0 Å². The number of hydrogen-bond donors (Lipinski definition) is 2. The molecule has 1 aromatic rings. The molecule has 0 saturated carbocycles. The maximum Gasteiger partial charge on any atom is 0.221 e. The zero-order chi connectivity index (χ0) is 14.3. The van der Waals surface area contributed by atoms with E-state index in [1.54, 1.807) is 0 Å². The van der Waals surface area contributed by atoms with Crippen molar-refractivity contribution < 1.29 is 9.59 Å². The van der Waals surface area contributed by atoms with E-state index in [-0.39, 0.29) is 11.8 Å². The van der Waals surface area contributed by atoms with Crippen LogP contribution in [-0.4, -0.2) is 31.4 Å². The number of nitrogens with one attached hydrogen (secondary N) is 2. The number of carbonyl (C=O) groups excluding carboxylic acids is 2. The van der Waals surface area contributed by atoms with E-state index in [1.165, 1.54) is 13.8 Å². The molecule has 0 spiro atoms. The summed E-state index contributed by atoms with van der Waals surface area (Å²) in [5, 5.41) is 5.54. The molecule has 5 nitrogen and oxygen atoms in total. The summed E-state index contributed by atoms with van der Waals surface area (Å²) in [4.78, 5) is 24.0. The Morgan fingerprint density at radius 2 is 1.95 bits per heavy atom. The number of rotatable bonds is 6. The molecule has 104 valence electrons. The van der Waals surface area contributed by atoms with Crippen molar-refractivity contribution >= 4 is 23.2 Å². The Kier molecular flexibility index (Phi) is 5.85. The molecular weight excluding hydrogens is 242 g/mol. The maximum absolute atomic E-state index is 11.0. The van der Waals surface area contributed by atoms with E-state index >= 15 is 0 Å². The highest BCUT2D eigenvalue weighted by Gasteiger charge is 2.05. The van der Waals surface area contributed by atoms with E-state index in [1.807, 2.05) is 24.3 Å². The number of hydrogen-bond acceptors (Lipinski definition) is 3. The van der Waals surface area contributed by atoms with Crippen LogP contribution in [0.5, 0.6) is 0 Å². The Labute approximate surface area is 114 Å². The van der Waals surface area contributed by atoms with Gasteiger partial charge in [0.15, 0.2) is 0 Å². The van der Waals surface area contributed by atoms with Gasteiger partial charge in [0.05, 0.1) is 0 Å². The third-order valence-electron chi connectivity index (χ3n) is 2.67. The summed E-state index contributed by atoms with van der Waals surface area (Å²) in [6.45, 7) is 7.23. The first-order chi connectivity index (χ1) is 9.02. The van der Waals surface area contributed by atoms with E-state index in [4.69, 9.17) is 0 Å². The van der Waals surface area contributed by atoms with Crippen LogP contribution in [0.4, 0.5) is 11.4 Å². The lowest BCUT2D eigenvalue weighted by Crippen LogP contribution is -2.33. The lowest BCUT2D eigenvalue weighted by atomic mass is 10.2. The largest absolute Gasteiger partial charge is 0.370 e. The third kappa shape index (κ3) is 5.42. The van der Waals surface area contributed by atoms with Crippen molar-refractivity contribution in [1.82, 2.24) is 5.32 Å². The van der Waals surface area contributed by atoms with Crippen molar-refractivity contribution in [2.75, 3.05) is 29.9 Å². The minimum Gasteiger partial charge on any atom is -0.370 e. The Bertz CT molecular complexity index is 446. The molecule has 0 bridgehead atoms. The van der Waals surface area contributed by atoms with Gasteiger partial charge >= 0.3 is 0 Å². The van der Waals surface area contributed by atoms with E-state index in [0.29, 0.717) is 6.54 Å². The van der Waals surface area contributed by atoms with Crippen molar-refractivity contribution in [3.63, 3.8) is 0 Å². The molecule has 1 rings (SSSR count). The first-order valence-electron chi connectivity index (χ1n) is 6.40. The van der Waals surface area contributed by atoms with E-state index < -0.39 is 0 Å². The summed E-state index contributed by atoms with van der Waals surface area (Å²) in [7, 11) is 0. The van der Waals surface area contributed by atoms with Crippen molar-refractivity contribution in [3.05, 3.63) is 24.3 Å². The second-order valence-electron chi connectivity index (χ2n) is 4.29. The van der Waals surface area contributed by atoms with Gasteiger partial charge in [-0.1, -0.05) is 6.07 Å². The fourth-order valence-electron chi connectivity index (χ4n) is 1.82. The van der Waals surface area contributed by atoms with Gasteiger partial charge in [0.1, 0.15) is 0 Å². The summed E-state index contributed by atoms with van der Waals surface area (Å²) in [6, 6.07) is 7.68. The standard InChI is InChI=1S/C14H21N3O2/c1-4-17(9-8-15-11(2)18)14-7-5-6-13(10-14)16-12(3)19/h5-7,10H,4,8-9H2,1-3H3,(H,15,18)(H,16,19). The first kappa shape index (κ1) is 15.0. The highest BCUT2D eigenvalue weighted by molar-refractivity contribution is 5.89. The van der Waals surface area contributed by atoms with Gasteiger partial charge in [0.25, 0.3) is 0 Å². The number of carbonyl (C=O) groups is 2. The Hall–Kier alpha value is -2.04. The lowest BCUT2D eigenvalue weighted by Gasteiger charge is -2.23. The average Bonchev–Trinajstić information content (AvgIpc) is 2.34. The van der Waals surface area contributed by atoms with E-state index in [9.17, 15) is 9.59 Å². The molecule has 1 aromatic carbocycles. The molecule has 0 aliphatic heterocycles. The average molecular weight is 263 g/mol. The van der Waals surface area contributed by atoms with Crippen LogP contribution in [-0.2, 0) is 9.59 Å². The monoisotopic (exact) mass is 263 g/mol. The maximum atomic E-state index is 11.0. The molecule has 0 aromatic heterocycles. The molecule has 5 heteroatoms. The van der Waals surface area contributed by atoms with Gasteiger partial charge in [-0.2, -0.15) is 0 Å². The molecule has 2 amide bonds. The second-order valence-corrected chi connectivity index (χ2v) is 4.29. The molecule has 2 N–H and O–H groups in total. The van der Waals surface area contributed by atoms with Gasteiger partial charge in [-0.15, -0.1) is 0 Å². The van der Waals surface area contributed by atoms with Crippen LogP contribution in [0, 0.1) is 0 Å². The smallest absolute Gasteiger partial charge is 0.221 e. The number of likely N-dealkylation sites (N-methyl/N-ethyl adjacent to an activating group) is 1. The quantitative estimate of drug-likeness (QED) is 0.819. The van der Waals surface area contributed by atoms with Gasteiger partial charge in [0, 0.05) is 44.9 Å². The van der Waals surface area contributed by atoms with Crippen molar-refractivity contribution in [3.8, 4) is 0 Å². The number of benzene rings is 1. The highest BCUT2D eigenvalue weighted by Crippen LogP contribution is 2.19. The van der Waals surface area contributed by atoms with E-state index in [2.05, 4.69) is 22.5 Å². The second kappa shape index (κ2) is 7.41. The molecule has 0 unspecified atom stereocenters. The van der Waals surface area contributed by atoms with Gasteiger partial charge in [-0.3, -0.25) is 9.59 Å². The predicted molar refractivity (Wildman–Crippen MR) is 77.3 cm³/mol. The van der Waals surface area contributed by atoms with Crippen molar-refractivity contribution in [1.29, 1.82) is 0 Å². The summed E-state index contributed by atoms with van der Waals surface area (Å²) >= 11 is 0. The fraction of sp³-hybridized carbons (Fsp3) is 0.429. The predicted octanol–water partition coefficient (Wildman–Crippen LogP) is 1.61. The third-order valence-corrected chi connectivity index (χ3v) is 2.67. The molecular formula is C14H21N3O2. The minimum atomic E-state index is -0.0848. The molecule has 0 heterocycles. The zero-order valence-corrected chi connectivity index (χ0v) is 11.7. The van der Waals surface area contributed by atoms with Crippen LogP contribution in [0.15, 0.2) is 24.3 Å². The number of amides is 2. The Morgan fingerprint density at radius 1 is 1.21 bits per heavy atom. The van der Waals surface area contributed by atoms with Gasteiger partial charge in [0.2, 0.25) is 11.8 Å². The van der Waals surface area contributed by atoms with Crippen LogP contribution in [0.1, 0.15) is 20.8 Å². The molecule has 0 aliphatic carbocycles. The fourth-order valence-corrected chi connectivity index (χ4v) is 1.82. The summed E-state index contributed by atoms with van der Waals surface area (Å²) in [6.07, 6.45) is 0. The first-order valence-corrected chi connectivity index (χ1v) is 6.40. The molecule has 0 atom stereocenters. The van der Waals surface area contributed by atoms with Crippen LogP contribution in [0.2, 0.25) is 0 Å². The minimum absolute atomic E-state index is 0.0250. The molecule has 0 saturated heterocycles. The Morgan fingerprint density at radius 3 is 2.53 bits per heavy atom.